The molecule has 2 aromatic carbocycles. The minimum absolute atomic E-state index is 0.0825. The Morgan fingerprint density at radius 1 is 1.27 bits per heavy atom. The Bertz CT molecular complexity index is 1290. The molecule has 0 saturated heterocycles. The number of hydrogen-bond donors (Lipinski definition) is 0. The van der Waals surface area contributed by atoms with Gasteiger partial charge >= 0.3 is 5.97 Å². The summed E-state index contributed by atoms with van der Waals surface area (Å²) in [6, 6.07) is 8.74. The number of thioether (sulfide) groups is 1. The highest BCUT2D eigenvalue weighted by atomic mass is 35.5. The number of esters is 1. The van der Waals surface area contributed by atoms with Gasteiger partial charge in [-0.2, -0.15) is 0 Å². The van der Waals surface area contributed by atoms with E-state index in [2.05, 4.69) is 0 Å². The smallest absolute Gasteiger partial charge is 0.325 e. The number of aromatic nitrogens is 1. The van der Waals surface area contributed by atoms with E-state index in [0.29, 0.717) is 38.3 Å². The molecule has 1 fully saturated rings. The van der Waals surface area contributed by atoms with E-state index in [9.17, 15) is 18.4 Å². The first kappa shape index (κ1) is 23.8. The van der Waals surface area contributed by atoms with E-state index in [1.807, 2.05) is 30.3 Å². The van der Waals surface area contributed by atoms with Crippen molar-refractivity contribution in [3.8, 4) is 0 Å². The minimum atomic E-state index is -2.57. The molecule has 0 bridgehead atoms. The van der Waals surface area contributed by atoms with Crippen molar-refractivity contribution in [2.75, 3.05) is 31.4 Å². The molecule has 0 atom stereocenters. The Kier molecular flexibility index (Phi) is 6.60. The van der Waals surface area contributed by atoms with Crippen LogP contribution in [0.3, 0.4) is 0 Å². The molecule has 5 nitrogen and oxygen atoms in total. The van der Waals surface area contributed by atoms with Crippen LogP contribution in [0.5, 0.6) is 0 Å². The van der Waals surface area contributed by atoms with Crippen molar-refractivity contribution in [1.82, 2.24) is 4.57 Å². The number of carbonyl (C=O) groups excluding carboxylic acids is 1. The summed E-state index contributed by atoms with van der Waals surface area (Å²) in [5.41, 5.74) is 1.78. The molecule has 1 saturated carbocycles. The van der Waals surface area contributed by atoms with Crippen LogP contribution in [0.2, 0.25) is 5.02 Å². The van der Waals surface area contributed by atoms with Gasteiger partial charge in [0.1, 0.15) is 6.54 Å². The summed E-state index contributed by atoms with van der Waals surface area (Å²) in [7, 11) is 1.84. The lowest BCUT2D eigenvalue weighted by Gasteiger charge is -2.37. The molecule has 176 valence electrons. The Balaban J connectivity index is 1.88. The van der Waals surface area contributed by atoms with Gasteiger partial charge in [0.15, 0.2) is 5.43 Å². The van der Waals surface area contributed by atoms with Gasteiger partial charge in [-0.15, -0.1) is 11.8 Å². The van der Waals surface area contributed by atoms with Gasteiger partial charge in [0, 0.05) is 42.9 Å². The maximum atomic E-state index is 13.3. The molecule has 0 spiro atoms. The number of rotatable bonds is 7. The summed E-state index contributed by atoms with van der Waals surface area (Å²) in [6.45, 7) is 2.38. The number of halogens is 3. The van der Waals surface area contributed by atoms with E-state index in [4.69, 9.17) is 16.3 Å². The molecule has 0 amide bonds. The molecule has 1 aliphatic rings. The number of anilines is 1. The van der Waals surface area contributed by atoms with Crippen molar-refractivity contribution in [3.05, 3.63) is 45.6 Å². The highest BCUT2D eigenvalue weighted by Crippen LogP contribution is 2.43. The van der Waals surface area contributed by atoms with Crippen LogP contribution in [0.15, 0.2) is 40.0 Å². The number of fused-ring (bicyclic) bond motifs is 2. The van der Waals surface area contributed by atoms with E-state index in [-0.39, 0.29) is 37.3 Å². The van der Waals surface area contributed by atoms with Gasteiger partial charge in [-0.1, -0.05) is 11.6 Å². The van der Waals surface area contributed by atoms with Crippen LogP contribution in [0.25, 0.3) is 21.8 Å². The first-order valence-electron chi connectivity index (χ1n) is 10.7. The van der Waals surface area contributed by atoms with E-state index in [1.165, 1.54) is 11.8 Å². The summed E-state index contributed by atoms with van der Waals surface area (Å²) in [5, 5.41) is 1.43. The van der Waals surface area contributed by atoms with Crippen LogP contribution in [-0.4, -0.2) is 42.9 Å². The van der Waals surface area contributed by atoms with Gasteiger partial charge in [-0.25, -0.2) is 8.78 Å². The molecule has 33 heavy (non-hydrogen) atoms. The molecule has 4 rings (SSSR count). The van der Waals surface area contributed by atoms with Crippen molar-refractivity contribution in [2.45, 2.75) is 37.1 Å². The minimum Gasteiger partial charge on any atom is -0.465 e. The van der Waals surface area contributed by atoms with Gasteiger partial charge in [0.2, 0.25) is 5.92 Å². The number of hydrogen-bond acceptors (Lipinski definition) is 5. The zero-order valence-corrected chi connectivity index (χ0v) is 20.2. The lowest BCUT2D eigenvalue weighted by Crippen LogP contribution is -2.41. The van der Waals surface area contributed by atoms with Gasteiger partial charge < -0.3 is 14.2 Å². The number of carbonyl (C=O) groups is 1. The van der Waals surface area contributed by atoms with Gasteiger partial charge in [0.25, 0.3) is 0 Å². The highest BCUT2D eigenvalue weighted by molar-refractivity contribution is 7.99. The zero-order chi connectivity index (χ0) is 23.9. The van der Waals surface area contributed by atoms with Gasteiger partial charge in [0.05, 0.1) is 27.6 Å². The standard InChI is InChI=1S/C24H25ClF2N2O3S/c1-4-32-20(30)13-29-19-9-15(28(2)12-14-10-24(26,27)11-14)5-6-16(19)22(31)17-7-8-18(25)23(33-3)21(17)29/h5-9,14H,4,10-13H2,1-3H3. The molecular formula is C24H25ClF2N2O3S. The Hall–Kier alpha value is -2.32. The lowest BCUT2D eigenvalue weighted by molar-refractivity contribution is -0.143. The van der Waals surface area contributed by atoms with Crippen molar-refractivity contribution < 1.29 is 18.3 Å². The summed E-state index contributed by atoms with van der Waals surface area (Å²) >= 11 is 7.84. The van der Waals surface area contributed by atoms with Crippen LogP contribution < -0.4 is 10.3 Å². The van der Waals surface area contributed by atoms with Gasteiger partial charge in [-0.3, -0.25) is 9.59 Å². The fourth-order valence-corrected chi connectivity index (χ4v) is 5.60. The van der Waals surface area contributed by atoms with Gasteiger partial charge in [-0.05, 0) is 49.4 Å². The molecule has 0 aliphatic heterocycles. The van der Waals surface area contributed by atoms with Crippen LogP contribution in [0.4, 0.5) is 14.5 Å². The molecule has 3 aromatic rings. The topological polar surface area (TPSA) is 51.5 Å². The second-order valence-corrected chi connectivity index (χ2v) is 9.63. The number of benzene rings is 2. The number of pyridine rings is 1. The number of nitrogens with zero attached hydrogens (tertiary/aromatic N) is 2. The third-order valence-corrected chi connectivity index (χ3v) is 7.31. The second-order valence-electron chi connectivity index (χ2n) is 8.41. The quantitative estimate of drug-likeness (QED) is 0.244. The summed E-state index contributed by atoms with van der Waals surface area (Å²) in [6.07, 6.45) is 1.64. The average Bonchev–Trinajstić information content (AvgIpc) is 2.75. The van der Waals surface area contributed by atoms with Crippen LogP contribution in [-0.2, 0) is 16.1 Å². The van der Waals surface area contributed by atoms with E-state index >= 15 is 0 Å². The molecule has 1 heterocycles. The number of ether oxygens (including phenoxy) is 1. The summed E-state index contributed by atoms with van der Waals surface area (Å²) < 4.78 is 33.5. The van der Waals surface area contributed by atoms with E-state index in [0.717, 1.165) is 5.69 Å². The first-order valence-corrected chi connectivity index (χ1v) is 12.3. The van der Waals surface area contributed by atoms with E-state index in [1.54, 1.807) is 29.7 Å². The van der Waals surface area contributed by atoms with Crippen molar-refractivity contribution in [2.24, 2.45) is 5.92 Å². The summed E-state index contributed by atoms with van der Waals surface area (Å²) in [4.78, 5) is 28.5. The fourth-order valence-electron chi connectivity index (χ4n) is 4.54. The maximum absolute atomic E-state index is 13.3. The summed E-state index contributed by atoms with van der Waals surface area (Å²) in [5.74, 6) is -3.08. The predicted molar refractivity (Wildman–Crippen MR) is 130 cm³/mol. The highest BCUT2D eigenvalue weighted by Gasteiger charge is 2.45. The molecule has 0 radical (unpaired) electrons. The molecule has 1 aromatic heterocycles. The molecule has 9 heteroatoms. The second kappa shape index (κ2) is 9.14. The number of alkyl halides is 2. The molecule has 0 N–H and O–H groups in total. The predicted octanol–water partition coefficient (Wildman–Crippen LogP) is 5.57. The largest absolute Gasteiger partial charge is 0.465 e. The molecule has 0 unspecified atom stereocenters. The Morgan fingerprint density at radius 3 is 2.61 bits per heavy atom. The third kappa shape index (κ3) is 4.55. The Morgan fingerprint density at radius 2 is 1.97 bits per heavy atom. The molecule has 1 aliphatic carbocycles. The van der Waals surface area contributed by atoms with Crippen molar-refractivity contribution >= 4 is 56.8 Å². The maximum Gasteiger partial charge on any atom is 0.325 e. The van der Waals surface area contributed by atoms with Crippen LogP contribution in [0, 0.1) is 5.92 Å². The SMILES string of the molecule is CCOC(=O)Cn1c2cc(N(C)CC3CC(F)(F)C3)ccc2c(=O)c2ccc(Cl)c(SC)c21. The van der Waals surface area contributed by atoms with Crippen LogP contribution >= 0.6 is 23.4 Å². The third-order valence-electron chi connectivity index (χ3n) is 6.06. The normalized spacial score (nSPS) is 15.6. The fraction of sp³-hybridized carbons (Fsp3) is 0.417. The first-order chi connectivity index (χ1) is 15.6. The van der Waals surface area contributed by atoms with E-state index < -0.39 is 11.9 Å². The van der Waals surface area contributed by atoms with Crippen molar-refractivity contribution in [1.29, 1.82) is 0 Å². The Labute approximate surface area is 199 Å². The van der Waals surface area contributed by atoms with Crippen molar-refractivity contribution in [3.63, 3.8) is 0 Å². The molecular weight excluding hydrogens is 470 g/mol. The lowest BCUT2D eigenvalue weighted by atomic mass is 9.81. The van der Waals surface area contributed by atoms with Crippen LogP contribution in [0.1, 0.15) is 19.8 Å². The monoisotopic (exact) mass is 494 g/mol. The average molecular weight is 495 g/mol. The zero-order valence-electron chi connectivity index (χ0n) is 18.7.